The van der Waals surface area contributed by atoms with E-state index in [1.165, 1.54) is 30.6 Å². The molecule has 0 aliphatic heterocycles. The van der Waals surface area contributed by atoms with E-state index in [0.717, 1.165) is 0 Å². The number of hydrogen-bond acceptors (Lipinski definition) is 5. The molecule has 2 aromatic rings. The number of thiazole rings is 1. The van der Waals surface area contributed by atoms with Gasteiger partial charge < -0.3 is 15.2 Å². The molecule has 0 spiro atoms. The maximum absolute atomic E-state index is 13.3. The number of rotatable bonds is 5. The molecule has 2 N–H and O–H groups in total. The number of aromatic nitrogens is 1. The van der Waals surface area contributed by atoms with Crippen LogP contribution in [0.25, 0.3) is 0 Å². The molecule has 0 saturated heterocycles. The predicted molar refractivity (Wildman–Crippen MR) is 79.0 cm³/mol. The van der Waals surface area contributed by atoms with Crippen LogP contribution in [0.3, 0.4) is 0 Å². The Kier molecular flexibility index (Phi) is 4.13. The van der Waals surface area contributed by atoms with Crippen LogP contribution in [0.15, 0.2) is 23.6 Å². The van der Waals surface area contributed by atoms with Crippen molar-refractivity contribution >= 4 is 28.1 Å². The van der Waals surface area contributed by atoms with Gasteiger partial charge in [-0.1, -0.05) is 0 Å². The van der Waals surface area contributed by atoms with Gasteiger partial charge in [0.15, 0.2) is 16.7 Å². The zero-order valence-electron chi connectivity index (χ0n) is 11.8. The van der Waals surface area contributed by atoms with Gasteiger partial charge in [0.1, 0.15) is 5.41 Å². The Morgan fingerprint density at radius 1 is 1.48 bits per heavy atom. The number of carboxylic acid groups (broad SMARTS) is 1. The molecule has 5 nitrogen and oxygen atoms in total. The first-order valence-corrected chi connectivity index (χ1v) is 7.02. The molecule has 0 amide bonds. The van der Waals surface area contributed by atoms with Crippen LogP contribution >= 0.6 is 11.3 Å². The topological polar surface area (TPSA) is 71.5 Å². The number of nitrogens with zero attached hydrogens (tertiary/aromatic N) is 1. The highest BCUT2D eigenvalue weighted by Gasteiger charge is 2.32. The molecule has 0 aliphatic carbocycles. The molecule has 0 radical (unpaired) electrons. The smallest absolute Gasteiger partial charge is 0.315 e. The van der Waals surface area contributed by atoms with Gasteiger partial charge in [-0.25, -0.2) is 9.37 Å². The lowest BCUT2D eigenvalue weighted by atomic mass is 9.90. The van der Waals surface area contributed by atoms with E-state index in [1.807, 2.05) is 0 Å². The second-order valence-electron chi connectivity index (χ2n) is 4.94. The number of nitrogens with one attached hydrogen (secondary N) is 1. The summed E-state index contributed by atoms with van der Waals surface area (Å²) in [7, 11) is 1.39. The van der Waals surface area contributed by atoms with E-state index in [-0.39, 0.29) is 5.75 Å². The second-order valence-corrected chi connectivity index (χ2v) is 5.80. The summed E-state index contributed by atoms with van der Waals surface area (Å²) in [6.07, 6.45) is 0. The van der Waals surface area contributed by atoms with Gasteiger partial charge in [-0.05, 0) is 26.0 Å². The second kappa shape index (κ2) is 5.69. The first kappa shape index (κ1) is 15.2. The molecule has 112 valence electrons. The number of halogens is 1. The number of carbonyl (C=O) groups is 1. The molecule has 0 aliphatic rings. The first-order chi connectivity index (χ1) is 9.84. The van der Waals surface area contributed by atoms with Crippen molar-refractivity contribution in [2.24, 2.45) is 0 Å². The first-order valence-electron chi connectivity index (χ1n) is 6.14. The van der Waals surface area contributed by atoms with E-state index in [1.54, 1.807) is 25.3 Å². The number of benzene rings is 1. The summed E-state index contributed by atoms with van der Waals surface area (Å²) in [4.78, 5) is 15.5. The Balaban J connectivity index is 2.22. The fourth-order valence-corrected chi connectivity index (χ4v) is 2.49. The van der Waals surface area contributed by atoms with Gasteiger partial charge in [0.25, 0.3) is 0 Å². The Labute approximate surface area is 125 Å². The van der Waals surface area contributed by atoms with Gasteiger partial charge in [0.2, 0.25) is 0 Å². The van der Waals surface area contributed by atoms with Crippen LogP contribution in [-0.2, 0) is 10.2 Å². The SMILES string of the molecule is COc1cc(Nc2nc(C(C)(C)C(=O)O)cs2)ccc1F. The normalized spacial score (nSPS) is 11.2. The molecule has 1 heterocycles. The Hall–Kier alpha value is -2.15. The number of methoxy groups -OCH3 is 1. The summed E-state index contributed by atoms with van der Waals surface area (Å²) >= 11 is 1.29. The van der Waals surface area contributed by atoms with Crippen LogP contribution < -0.4 is 10.1 Å². The minimum Gasteiger partial charge on any atom is -0.494 e. The highest BCUT2D eigenvalue weighted by Crippen LogP contribution is 2.30. The Bertz CT molecular complexity index is 670. The third kappa shape index (κ3) is 3.13. The molecule has 7 heteroatoms. The van der Waals surface area contributed by atoms with Crippen molar-refractivity contribution in [3.8, 4) is 5.75 Å². The van der Waals surface area contributed by atoms with Crippen LogP contribution in [0.2, 0.25) is 0 Å². The van der Waals surface area contributed by atoms with Gasteiger partial charge in [0, 0.05) is 17.1 Å². The Morgan fingerprint density at radius 2 is 2.19 bits per heavy atom. The summed E-state index contributed by atoms with van der Waals surface area (Å²) in [5, 5.41) is 14.4. The standard InChI is InChI=1S/C14H15FN2O3S/c1-14(2,12(18)19)11-7-21-13(17-11)16-8-4-5-9(15)10(6-8)20-3/h4-7H,1-3H3,(H,16,17)(H,18,19). The average molecular weight is 310 g/mol. The number of anilines is 2. The minimum absolute atomic E-state index is 0.127. The van der Waals surface area contributed by atoms with Crippen molar-refractivity contribution in [1.82, 2.24) is 4.98 Å². The summed E-state index contributed by atoms with van der Waals surface area (Å²) < 4.78 is 18.2. The van der Waals surface area contributed by atoms with Crippen molar-refractivity contribution in [3.05, 3.63) is 35.1 Å². The van der Waals surface area contributed by atoms with Crippen molar-refractivity contribution < 1.29 is 19.0 Å². The highest BCUT2D eigenvalue weighted by atomic mass is 32.1. The van der Waals surface area contributed by atoms with Gasteiger partial charge >= 0.3 is 5.97 Å². The molecule has 0 fully saturated rings. The summed E-state index contributed by atoms with van der Waals surface area (Å²) in [6, 6.07) is 4.36. The Morgan fingerprint density at radius 3 is 2.81 bits per heavy atom. The minimum atomic E-state index is -1.06. The fraction of sp³-hybridized carbons (Fsp3) is 0.286. The van der Waals surface area contributed by atoms with Crippen LogP contribution in [0.1, 0.15) is 19.5 Å². The van der Waals surface area contributed by atoms with E-state index >= 15 is 0 Å². The summed E-state index contributed by atoms with van der Waals surface area (Å²) in [5.74, 6) is -1.26. The van der Waals surface area contributed by atoms with E-state index in [0.29, 0.717) is 16.5 Å². The van der Waals surface area contributed by atoms with Crippen molar-refractivity contribution in [1.29, 1.82) is 0 Å². The molecule has 21 heavy (non-hydrogen) atoms. The lowest BCUT2D eigenvalue weighted by molar-refractivity contribution is -0.142. The molecule has 0 bridgehead atoms. The maximum Gasteiger partial charge on any atom is 0.315 e. The van der Waals surface area contributed by atoms with Crippen LogP contribution in [0, 0.1) is 5.82 Å². The molecule has 2 rings (SSSR count). The molecular formula is C14H15FN2O3S. The van der Waals surface area contributed by atoms with E-state index < -0.39 is 17.2 Å². The third-order valence-corrected chi connectivity index (χ3v) is 3.84. The molecule has 0 unspecified atom stereocenters. The lowest BCUT2D eigenvalue weighted by Crippen LogP contribution is -2.28. The largest absolute Gasteiger partial charge is 0.494 e. The van der Waals surface area contributed by atoms with Crippen molar-refractivity contribution in [2.45, 2.75) is 19.3 Å². The molecular weight excluding hydrogens is 295 g/mol. The van der Waals surface area contributed by atoms with E-state index in [9.17, 15) is 14.3 Å². The van der Waals surface area contributed by atoms with Gasteiger partial charge in [-0.3, -0.25) is 4.79 Å². The molecule has 1 aromatic carbocycles. The summed E-state index contributed by atoms with van der Waals surface area (Å²) in [6.45, 7) is 3.18. The number of hydrogen-bond donors (Lipinski definition) is 2. The predicted octanol–water partition coefficient (Wildman–Crippen LogP) is 3.40. The van der Waals surface area contributed by atoms with E-state index in [4.69, 9.17) is 4.74 Å². The lowest BCUT2D eigenvalue weighted by Gasteiger charge is -2.15. The number of carboxylic acids is 1. The van der Waals surface area contributed by atoms with Gasteiger partial charge in [-0.15, -0.1) is 11.3 Å². The van der Waals surface area contributed by atoms with E-state index in [2.05, 4.69) is 10.3 Å². The quantitative estimate of drug-likeness (QED) is 0.885. The van der Waals surface area contributed by atoms with Crippen molar-refractivity contribution in [3.63, 3.8) is 0 Å². The van der Waals surface area contributed by atoms with Gasteiger partial charge in [-0.2, -0.15) is 0 Å². The van der Waals surface area contributed by atoms with Gasteiger partial charge in [0.05, 0.1) is 12.8 Å². The highest BCUT2D eigenvalue weighted by molar-refractivity contribution is 7.13. The zero-order chi connectivity index (χ0) is 15.6. The fourth-order valence-electron chi connectivity index (χ4n) is 1.59. The third-order valence-electron chi connectivity index (χ3n) is 3.08. The van der Waals surface area contributed by atoms with Crippen molar-refractivity contribution in [2.75, 3.05) is 12.4 Å². The number of aliphatic carboxylic acids is 1. The van der Waals surface area contributed by atoms with Crippen LogP contribution in [0.4, 0.5) is 15.2 Å². The summed E-state index contributed by atoms with van der Waals surface area (Å²) in [5.41, 5.74) is 0.0237. The molecule has 0 saturated carbocycles. The van der Waals surface area contributed by atoms with Crippen LogP contribution in [0.5, 0.6) is 5.75 Å². The molecule has 0 atom stereocenters. The van der Waals surface area contributed by atoms with Crippen LogP contribution in [-0.4, -0.2) is 23.2 Å². The average Bonchev–Trinajstić information content (AvgIpc) is 2.90. The zero-order valence-corrected chi connectivity index (χ0v) is 12.6. The molecule has 1 aromatic heterocycles. The maximum atomic E-state index is 13.3. The number of ether oxygens (including phenoxy) is 1. The monoisotopic (exact) mass is 310 g/mol.